The number of hydrogen-bond acceptors (Lipinski definition) is 11. The summed E-state index contributed by atoms with van der Waals surface area (Å²) < 4.78 is 20.6. The van der Waals surface area contributed by atoms with Crippen molar-refractivity contribution in [1.29, 1.82) is 0 Å². The van der Waals surface area contributed by atoms with E-state index in [1.54, 1.807) is 31.2 Å². The molecule has 0 aliphatic rings. The number of ether oxygens (including phenoxy) is 4. The van der Waals surface area contributed by atoms with Gasteiger partial charge in [-0.05, 0) is 30.7 Å². The Kier molecular flexibility index (Phi) is 9.31. The van der Waals surface area contributed by atoms with Crippen LogP contribution >= 0.6 is 0 Å². The van der Waals surface area contributed by atoms with Crippen LogP contribution in [0.5, 0.6) is 17.2 Å². The molecule has 0 radical (unpaired) electrons. The Labute approximate surface area is 193 Å². The smallest absolute Gasteiger partial charge is 0.344 e. The SMILES string of the molecule is C=CCOc1ccc(/C=N\Nc2cc(OCC(=O)OCC)c([N+](=O)[O-])cc2[N+](=O)[O-])cc1OC. The van der Waals surface area contributed by atoms with E-state index in [1.807, 2.05) is 0 Å². The maximum atomic E-state index is 11.5. The normalized spacial score (nSPS) is 10.4. The lowest BCUT2D eigenvalue weighted by molar-refractivity contribution is -0.394. The highest BCUT2D eigenvalue weighted by Crippen LogP contribution is 2.37. The average molecular weight is 474 g/mol. The number of nitrogens with zero attached hydrogens (tertiary/aromatic N) is 3. The molecule has 0 spiro atoms. The molecule has 0 aliphatic carbocycles. The third-order valence-electron chi connectivity index (χ3n) is 4.06. The Morgan fingerprint density at radius 1 is 1.09 bits per heavy atom. The second kappa shape index (κ2) is 12.4. The highest BCUT2D eigenvalue weighted by Gasteiger charge is 2.26. The first-order valence-electron chi connectivity index (χ1n) is 9.76. The summed E-state index contributed by atoms with van der Waals surface area (Å²) in [6, 6.07) is 6.68. The van der Waals surface area contributed by atoms with Crippen molar-refractivity contribution in [2.24, 2.45) is 5.10 Å². The van der Waals surface area contributed by atoms with Crippen LogP contribution in [0.2, 0.25) is 0 Å². The molecule has 0 saturated heterocycles. The number of esters is 1. The van der Waals surface area contributed by atoms with Gasteiger partial charge in [0.1, 0.15) is 18.4 Å². The van der Waals surface area contributed by atoms with Gasteiger partial charge in [-0.25, -0.2) is 4.79 Å². The fourth-order valence-electron chi connectivity index (χ4n) is 2.60. The second-order valence-electron chi connectivity index (χ2n) is 6.32. The summed E-state index contributed by atoms with van der Waals surface area (Å²) in [6.07, 6.45) is 2.94. The Bertz CT molecular complexity index is 1100. The summed E-state index contributed by atoms with van der Waals surface area (Å²) in [6.45, 7) is 4.93. The summed E-state index contributed by atoms with van der Waals surface area (Å²) in [4.78, 5) is 32.6. The number of carbonyl (C=O) groups excluding carboxylic acids is 1. The lowest BCUT2D eigenvalue weighted by Crippen LogP contribution is -2.15. The van der Waals surface area contributed by atoms with Crippen LogP contribution < -0.4 is 19.6 Å². The number of anilines is 1. The first-order chi connectivity index (χ1) is 16.3. The Morgan fingerprint density at radius 3 is 2.44 bits per heavy atom. The minimum Gasteiger partial charge on any atom is -0.493 e. The number of rotatable bonds is 13. The van der Waals surface area contributed by atoms with Crippen molar-refractivity contribution in [2.45, 2.75) is 6.92 Å². The monoisotopic (exact) mass is 474 g/mol. The Morgan fingerprint density at radius 2 is 1.82 bits per heavy atom. The molecular formula is C21H22N4O9. The van der Waals surface area contributed by atoms with Crippen molar-refractivity contribution in [3.63, 3.8) is 0 Å². The van der Waals surface area contributed by atoms with Crippen LogP contribution in [0.15, 0.2) is 48.1 Å². The van der Waals surface area contributed by atoms with Gasteiger partial charge in [0.2, 0.25) is 0 Å². The van der Waals surface area contributed by atoms with E-state index in [-0.39, 0.29) is 24.7 Å². The molecule has 0 bridgehead atoms. The maximum Gasteiger partial charge on any atom is 0.344 e. The Hall–Kier alpha value is -4.68. The van der Waals surface area contributed by atoms with Gasteiger partial charge < -0.3 is 18.9 Å². The summed E-state index contributed by atoms with van der Waals surface area (Å²) in [5.41, 5.74) is 1.55. The fourth-order valence-corrected chi connectivity index (χ4v) is 2.60. The minimum atomic E-state index is -0.858. The number of nitrogens with one attached hydrogen (secondary N) is 1. The lowest BCUT2D eigenvalue weighted by atomic mass is 10.2. The molecule has 34 heavy (non-hydrogen) atoms. The topological polar surface area (TPSA) is 165 Å². The van der Waals surface area contributed by atoms with E-state index in [9.17, 15) is 25.0 Å². The summed E-state index contributed by atoms with van der Waals surface area (Å²) in [5, 5.41) is 26.7. The second-order valence-corrected chi connectivity index (χ2v) is 6.32. The van der Waals surface area contributed by atoms with Crippen LogP contribution in [0.25, 0.3) is 0 Å². The molecule has 0 amide bonds. The minimum absolute atomic E-state index is 0.0955. The molecule has 0 unspecified atom stereocenters. The predicted molar refractivity (Wildman–Crippen MR) is 122 cm³/mol. The first-order valence-corrected chi connectivity index (χ1v) is 9.76. The molecule has 0 aliphatic heterocycles. The number of nitro benzene ring substituents is 2. The molecule has 13 heteroatoms. The van der Waals surface area contributed by atoms with Gasteiger partial charge in [-0.2, -0.15) is 5.10 Å². The number of hydrogen-bond donors (Lipinski definition) is 1. The van der Waals surface area contributed by atoms with Crippen LogP contribution in [-0.4, -0.2) is 49.0 Å². The van der Waals surface area contributed by atoms with Gasteiger partial charge in [0.25, 0.3) is 0 Å². The zero-order chi connectivity index (χ0) is 25.1. The largest absolute Gasteiger partial charge is 0.493 e. The van der Waals surface area contributed by atoms with Crippen LogP contribution in [-0.2, 0) is 9.53 Å². The van der Waals surface area contributed by atoms with Gasteiger partial charge in [0, 0.05) is 6.07 Å². The van der Waals surface area contributed by atoms with Crippen LogP contribution in [0.3, 0.4) is 0 Å². The molecule has 0 fully saturated rings. The van der Waals surface area contributed by atoms with Gasteiger partial charge in [-0.15, -0.1) is 0 Å². The third kappa shape index (κ3) is 6.91. The molecule has 2 aromatic carbocycles. The van der Waals surface area contributed by atoms with E-state index in [0.29, 0.717) is 23.1 Å². The van der Waals surface area contributed by atoms with E-state index < -0.39 is 33.8 Å². The van der Waals surface area contributed by atoms with E-state index in [0.717, 1.165) is 6.07 Å². The fraction of sp³-hybridized carbons (Fsp3) is 0.238. The molecule has 2 aromatic rings. The molecule has 0 heterocycles. The predicted octanol–water partition coefficient (Wildman–Crippen LogP) is 3.46. The summed E-state index contributed by atoms with van der Waals surface area (Å²) in [7, 11) is 1.47. The number of benzene rings is 2. The van der Waals surface area contributed by atoms with Gasteiger partial charge >= 0.3 is 17.3 Å². The van der Waals surface area contributed by atoms with Crippen molar-refractivity contribution >= 4 is 29.2 Å². The van der Waals surface area contributed by atoms with E-state index in [2.05, 4.69) is 17.1 Å². The van der Waals surface area contributed by atoms with Gasteiger partial charge in [0.05, 0.1) is 29.8 Å². The first kappa shape index (κ1) is 25.6. The maximum absolute atomic E-state index is 11.5. The van der Waals surface area contributed by atoms with Gasteiger partial charge in [-0.1, -0.05) is 12.7 Å². The van der Waals surface area contributed by atoms with Crippen molar-refractivity contribution in [1.82, 2.24) is 0 Å². The van der Waals surface area contributed by atoms with Gasteiger partial charge in [0.15, 0.2) is 23.9 Å². The molecule has 0 saturated carbocycles. The summed E-state index contributed by atoms with van der Waals surface area (Å²) in [5.74, 6) is -0.201. The molecule has 0 atom stereocenters. The molecule has 0 aromatic heterocycles. The zero-order valence-electron chi connectivity index (χ0n) is 18.4. The summed E-state index contributed by atoms with van der Waals surface area (Å²) >= 11 is 0. The number of methoxy groups -OCH3 is 1. The molecule has 180 valence electrons. The van der Waals surface area contributed by atoms with E-state index >= 15 is 0 Å². The highest BCUT2D eigenvalue weighted by atomic mass is 16.6. The van der Waals surface area contributed by atoms with Crippen molar-refractivity contribution < 1.29 is 33.6 Å². The Balaban J connectivity index is 2.30. The molecule has 13 nitrogen and oxygen atoms in total. The van der Waals surface area contributed by atoms with Crippen molar-refractivity contribution in [3.05, 3.63) is 68.8 Å². The standard InChI is InChI=1S/C21H22N4O9/c1-4-8-33-18-7-6-14(9-20(18)31-3)12-22-23-15-10-19(34-13-21(26)32-5-2)17(25(29)30)11-16(15)24(27)28/h4,6-7,9-12,23H,1,5,8,13H2,2-3H3/b22-12-. The van der Waals surface area contributed by atoms with Crippen LogP contribution in [0.1, 0.15) is 12.5 Å². The van der Waals surface area contributed by atoms with Gasteiger partial charge in [-0.3, -0.25) is 25.7 Å². The molecule has 2 rings (SSSR count). The number of nitro groups is 2. The lowest BCUT2D eigenvalue weighted by Gasteiger charge is -2.10. The van der Waals surface area contributed by atoms with Crippen molar-refractivity contribution in [2.75, 3.05) is 32.4 Å². The number of carbonyl (C=O) groups is 1. The average Bonchev–Trinajstić information content (AvgIpc) is 2.81. The highest BCUT2D eigenvalue weighted by molar-refractivity contribution is 5.82. The third-order valence-corrected chi connectivity index (χ3v) is 4.06. The quantitative estimate of drug-likeness (QED) is 0.149. The van der Waals surface area contributed by atoms with Crippen LogP contribution in [0, 0.1) is 20.2 Å². The number of hydrazone groups is 1. The molecule has 1 N–H and O–H groups in total. The van der Waals surface area contributed by atoms with E-state index in [4.69, 9.17) is 18.9 Å². The van der Waals surface area contributed by atoms with Crippen LogP contribution in [0.4, 0.5) is 17.1 Å². The molecular weight excluding hydrogens is 452 g/mol. The van der Waals surface area contributed by atoms with Crippen molar-refractivity contribution in [3.8, 4) is 17.2 Å². The zero-order valence-corrected chi connectivity index (χ0v) is 18.4. The van der Waals surface area contributed by atoms with E-state index in [1.165, 1.54) is 13.3 Å².